The molecule has 2 aromatic carbocycles. The molecule has 0 unspecified atom stereocenters. The van der Waals surface area contributed by atoms with Crippen LogP contribution >= 0.6 is 11.6 Å². The number of benzene rings is 2. The van der Waals surface area contributed by atoms with Crippen LogP contribution in [0, 0.1) is 6.92 Å². The van der Waals surface area contributed by atoms with Crippen LogP contribution in [0.5, 0.6) is 5.75 Å². The van der Waals surface area contributed by atoms with Gasteiger partial charge in [-0.25, -0.2) is 14.4 Å². The van der Waals surface area contributed by atoms with E-state index in [1.165, 1.54) is 12.1 Å². The second-order valence-corrected chi connectivity index (χ2v) is 7.02. The molecule has 0 saturated heterocycles. The molecule has 3 aromatic rings. The highest BCUT2D eigenvalue weighted by Crippen LogP contribution is 2.31. The van der Waals surface area contributed by atoms with Crippen molar-refractivity contribution < 1.29 is 23.5 Å². The highest BCUT2D eigenvalue weighted by Gasteiger charge is 2.23. The maximum Gasteiger partial charge on any atom is 0.408 e. The van der Waals surface area contributed by atoms with E-state index in [-0.39, 0.29) is 29.4 Å². The van der Waals surface area contributed by atoms with Crippen LogP contribution in [-0.2, 0) is 16.1 Å². The van der Waals surface area contributed by atoms with E-state index in [4.69, 9.17) is 25.5 Å². The molecule has 0 aliphatic rings. The minimum atomic E-state index is -0.940. The Kier molecular flexibility index (Phi) is 6.74. The van der Waals surface area contributed by atoms with E-state index < -0.39 is 23.7 Å². The van der Waals surface area contributed by atoms with Gasteiger partial charge in [0.2, 0.25) is 0 Å². The van der Waals surface area contributed by atoms with Crippen molar-refractivity contribution in [2.75, 3.05) is 0 Å². The molecule has 7 nitrogen and oxygen atoms in total. The van der Waals surface area contributed by atoms with Gasteiger partial charge in [-0.2, -0.15) is 0 Å². The Morgan fingerprint density at radius 2 is 1.90 bits per heavy atom. The quantitative estimate of drug-likeness (QED) is 0.355. The SMILES string of the molecule is CC[C@@H](NC(=O)OCc1ccccc1)C(=O)Oc1cc2oc(=O)cc(C)c2cc1Cl. The summed E-state index contributed by atoms with van der Waals surface area (Å²) in [5.74, 6) is -0.689. The van der Waals surface area contributed by atoms with Gasteiger partial charge in [0.05, 0.1) is 5.02 Å². The molecule has 0 saturated carbocycles. The Balaban J connectivity index is 1.68. The van der Waals surface area contributed by atoms with Crippen molar-refractivity contribution >= 4 is 34.6 Å². The van der Waals surface area contributed by atoms with Gasteiger partial charge in [0, 0.05) is 17.5 Å². The zero-order chi connectivity index (χ0) is 21.7. The topological polar surface area (TPSA) is 94.8 Å². The van der Waals surface area contributed by atoms with Crippen molar-refractivity contribution in [2.45, 2.75) is 32.9 Å². The number of rotatable bonds is 6. The largest absolute Gasteiger partial charge is 0.445 e. The number of fused-ring (bicyclic) bond motifs is 1. The van der Waals surface area contributed by atoms with Crippen LogP contribution in [0.2, 0.25) is 5.02 Å². The molecule has 1 heterocycles. The number of halogens is 1. The highest BCUT2D eigenvalue weighted by molar-refractivity contribution is 6.33. The summed E-state index contributed by atoms with van der Waals surface area (Å²) in [6.45, 7) is 3.54. The molecular weight excluding hydrogens is 410 g/mol. The van der Waals surface area contributed by atoms with Gasteiger partial charge in [0.1, 0.15) is 18.2 Å². The number of alkyl carbamates (subject to hydrolysis) is 1. The Bertz CT molecular complexity index is 1130. The molecule has 1 atom stereocenters. The third kappa shape index (κ3) is 5.18. The smallest absolute Gasteiger partial charge is 0.408 e. The molecule has 30 heavy (non-hydrogen) atoms. The van der Waals surface area contributed by atoms with E-state index in [1.54, 1.807) is 19.9 Å². The fraction of sp³-hybridized carbons (Fsp3) is 0.227. The first-order valence-electron chi connectivity index (χ1n) is 9.30. The average molecular weight is 430 g/mol. The third-order valence-corrected chi connectivity index (χ3v) is 4.71. The number of carbonyl (C=O) groups excluding carboxylic acids is 2. The molecule has 0 fully saturated rings. The lowest BCUT2D eigenvalue weighted by atomic mass is 10.1. The minimum Gasteiger partial charge on any atom is -0.445 e. The van der Waals surface area contributed by atoms with Crippen LogP contribution < -0.4 is 15.7 Å². The number of amides is 1. The van der Waals surface area contributed by atoms with E-state index in [9.17, 15) is 14.4 Å². The molecule has 3 rings (SSSR count). The number of carbonyl (C=O) groups is 2. The minimum absolute atomic E-state index is 0.0285. The summed E-state index contributed by atoms with van der Waals surface area (Å²) in [4.78, 5) is 36.2. The number of aryl methyl sites for hydroxylation is 1. The summed E-state index contributed by atoms with van der Waals surface area (Å²) < 4.78 is 15.6. The number of nitrogens with one attached hydrogen (secondary N) is 1. The summed E-state index contributed by atoms with van der Waals surface area (Å²) in [7, 11) is 0. The Hall–Kier alpha value is -3.32. The Morgan fingerprint density at radius 1 is 1.17 bits per heavy atom. The highest BCUT2D eigenvalue weighted by atomic mass is 35.5. The van der Waals surface area contributed by atoms with Crippen molar-refractivity contribution in [1.82, 2.24) is 5.32 Å². The lowest BCUT2D eigenvalue weighted by molar-refractivity contribution is -0.136. The van der Waals surface area contributed by atoms with Gasteiger partial charge in [-0.3, -0.25) is 0 Å². The maximum absolute atomic E-state index is 12.5. The van der Waals surface area contributed by atoms with Crippen LogP contribution in [0.25, 0.3) is 11.0 Å². The van der Waals surface area contributed by atoms with E-state index in [0.717, 1.165) is 5.56 Å². The molecule has 0 aliphatic carbocycles. The Morgan fingerprint density at radius 3 is 2.60 bits per heavy atom. The molecule has 0 bridgehead atoms. The molecule has 8 heteroatoms. The fourth-order valence-corrected chi connectivity index (χ4v) is 3.01. The van der Waals surface area contributed by atoms with Gasteiger partial charge in [-0.15, -0.1) is 0 Å². The first-order valence-corrected chi connectivity index (χ1v) is 9.68. The zero-order valence-corrected chi connectivity index (χ0v) is 17.2. The summed E-state index contributed by atoms with van der Waals surface area (Å²) in [5.41, 5.74) is 1.24. The van der Waals surface area contributed by atoms with Crippen LogP contribution in [0.3, 0.4) is 0 Å². The molecule has 0 radical (unpaired) electrons. The standard InChI is InChI=1S/C22H20ClNO6/c1-3-17(24-22(27)28-12-14-7-5-4-6-8-14)21(26)30-19-11-18-15(10-16(19)23)13(2)9-20(25)29-18/h4-11,17H,3,12H2,1-2H3,(H,24,27)/t17-/m1/s1. The van der Waals surface area contributed by atoms with Gasteiger partial charge in [0.25, 0.3) is 0 Å². The zero-order valence-electron chi connectivity index (χ0n) is 16.4. The van der Waals surface area contributed by atoms with Crippen molar-refractivity contribution in [3.63, 3.8) is 0 Å². The Labute approximate surface area is 177 Å². The number of hydrogen-bond acceptors (Lipinski definition) is 6. The van der Waals surface area contributed by atoms with Crippen molar-refractivity contribution in [2.24, 2.45) is 0 Å². The summed E-state index contributed by atoms with van der Waals surface area (Å²) in [6.07, 6.45) is -0.465. The first kappa shape index (κ1) is 21.4. The maximum atomic E-state index is 12.5. The van der Waals surface area contributed by atoms with Crippen molar-refractivity contribution in [3.8, 4) is 5.75 Å². The first-order chi connectivity index (χ1) is 14.4. The van der Waals surface area contributed by atoms with Gasteiger partial charge in [-0.1, -0.05) is 48.9 Å². The normalized spacial score (nSPS) is 11.7. The lowest BCUT2D eigenvalue weighted by Crippen LogP contribution is -2.42. The number of hydrogen-bond donors (Lipinski definition) is 1. The number of ether oxygens (including phenoxy) is 2. The molecule has 156 valence electrons. The van der Waals surface area contributed by atoms with E-state index >= 15 is 0 Å². The predicted molar refractivity (Wildman–Crippen MR) is 112 cm³/mol. The van der Waals surface area contributed by atoms with Crippen LogP contribution in [-0.4, -0.2) is 18.1 Å². The lowest BCUT2D eigenvalue weighted by Gasteiger charge is -2.16. The van der Waals surface area contributed by atoms with Crippen LogP contribution in [0.4, 0.5) is 4.79 Å². The van der Waals surface area contributed by atoms with Crippen molar-refractivity contribution in [3.05, 3.63) is 75.1 Å². The predicted octanol–water partition coefficient (Wildman–Crippen LogP) is 4.37. The second kappa shape index (κ2) is 9.45. The van der Waals surface area contributed by atoms with Crippen LogP contribution in [0.15, 0.2) is 57.7 Å². The van der Waals surface area contributed by atoms with E-state index in [2.05, 4.69) is 5.32 Å². The van der Waals surface area contributed by atoms with Crippen molar-refractivity contribution in [1.29, 1.82) is 0 Å². The van der Waals surface area contributed by atoms with Crippen LogP contribution in [0.1, 0.15) is 24.5 Å². The second-order valence-electron chi connectivity index (χ2n) is 6.62. The molecule has 1 amide bonds. The molecule has 0 spiro atoms. The number of esters is 1. The van der Waals surface area contributed by atoms with E-state index in [1.807, 2.05) is 30.3 Å². The van der Waals surface area contributed by atoms with Gasteiger partial charge in [0.15, 0.2) is 5.75 Å². The van der Waals surface area contributed by atoms with Gasteiger partial charge < -0.3 is 19.2 Å². The average Bonchev–Trinajstić information content (AvgIpc) is 2.72. The monoisotopic (exact) mass is 429 g/mol. The molecule has 1 N–H and O–H groups in total. The molecule has 1 aromatic heterocycles. The molecule has 0 aliphatic heterocycles. The fourth-order valence-electron chi connectivity index (χ4n) is 2.81. The summed E-state index contributed by atoms with van der Waals surface area (Å²) in [5, 5.41) is 3.29. The van der Waals surface area contributed by atoms with E-state index in [0.29, 0.717) is 10.9 Å². The summed E-state index contributed by atoms with van der Waals surface area (Å²) >= 11 is 6.22. The summed E-state index contributed by atoms with van der Waals surface area (Å²) in [6, 6.07) is 12.5. The van der Waals surface area contributed by atoms with Gasteiger partial charge in [-0.05, 0) is 30.5 Å². The third-order valence-electron chi connectivity index (χ3n) is 4.41. The molecular formula is C22H20ClNO6. The van der Waals surface area contributed by atoms with Gasteiger partial charge >= 0.3 is 17.7 Å².